The molecular weight excluding hydrogens is 514 g/mol. The first-order chi connectivity index (χ1) is 16.0. The number of unbranched alkanes of at least 4 members (excludes halogenated alkanes) is 1. The Bertz CT molecular complexity index is 989. The highest BCUT2D eigenvalue weighted by atomic mass is 79.9. The van der Waals surface area contributed by atoms with Gasteiger partial charge in [-0.1, -0.05) is 39.6 Å². The van der Waals surface area contributed by atoms with Gasteiger partial charge in [0.2, 0.25) is 11.8 Å². The third-order valence-corrected chi connectivity index (χ3v) is 8.24. The molecule has 0 radical (unpaired) electrons. The van der Waals surface area contributed by atoms with Gasteiger partial charge >= 0.3 is 0 Å². The van der Waals surface area contributed by atoms with Crippen LogP contribution in [0.3, 0.4) is 0 Å². The number of anilines is 1. The van der Waals surface area contributed by atoms with Crippen LogP contribution in [0.25, 0.3) is 0 Å². The predicted molar refractivity (Wildman–Crippen MR) is 140 cm³/mol. The van der Waals surface area contributed by atoms with Crippen LogP contribution in [0.4, 0.5) is 5.82 Å². The van der Waals surface area contributed by atoms with Crippen molar-refractivity contribution in [3.05, 3.63) is 34.1 Å². The molecule has 3 rings (SSSR count). The summed E-state index contributed by atoms with van der Waals surface area (Å²) in [6.45, 7) is 13.7. The van der Waals surface area contributed by atoms with Crippen molar-refractivity contribution < 1.29 is 14.3 Å². The molecule has 3 heterocycles. The van der Waals surface area contributed by atoms with E-state index in [0.717, 1.165) is 47.8 Å². The largest absolute Gasteiger partial charge is 0.478 e. The molecule has 0 bridgehead atoms. The van der Waals surface area contributed by atoms with Gasteiger partial charge in [0.05, 0.1) is 25.4 Å². The fourth-order valence-electron chi connectivity index (χ4n) is 3.96. The number of amides is 1. The van der Waals surface area contributed by atoms with Gasteiger partial charge in [-0.15, -0.1) is 0 Å². The summed E-state index contributed by atoms with van der Waals surface area (Å²) < 4.78 is 14.2. The number of carbonyl (C=O) groups is 1. The van der Waals surface area contributed by atoms with Crippen LogP contribution in [0, 0.1) is 5.41 Å². The van der Waals surface area contributed by atoms with Gasteiger partial charge in [-0.3, -0.25) is 4.79 Å². The van der Waals surface area contributed by atoms with Crippen LogP contribution in [0.15, 0.2) is 22.8 Å². The van der Waals surface area contributed by atoms with Crippen molar-refractivity contribution in [2.45, 2.75) is 78.6 Å². The molecule has 34 heavy (non-hydrogen) atoms. The van der Waals surface area contributed by atoms with Crippen molar-refractivity contribution in [1.82, 2.24) is 19.7 Å². The van der Waals surface area contributed by atoms with Crippen molar-refractivity contribution in [3.63, 3.8) is 0 Å². The van der Waals surface area contributed by atoms with Crippen LogP contribution in [-0.4, -0.2) is 46.9 Å². The highest BCUT2D eigenvalue weighted by Crippen LogP contribution is 2.33. The Balaban J connectivity index is 1.46. The zero-order valence-corrected chi connectivity index (χ0v) is 23.7. The SMILES string of the molecule is CC(C)(CCCCOc1cccc(Br)n1)C(=O)N1Cc2c(N)nn(COCC[Si](C)(C)C)c2C1. The van der Waals surface area contributed by atoms with E-state index in [2.05, 4.69) is 45.7 Å². The van der Waals surface area contributed by atoms with E-state index in [0.29, 0.717) is 38.1 Å². The normalized spacial score (nSPS) is 13.9. The predicted octanol–water partition coefficient (Wildman–Crippen LogP) is 5.05. The van der Waals surface area contributed by atoms with E-state index >= 15 is 0 Å². The Morgan fingerprint density at radius 2 is 1.97 bits per heavy atom. The fraction of sp³-hybridized carbons (Fsp3) is 0.625. The average molecular weight is 553 g/mol. The molecule has 1 aliphatic heterocycles. The van der Waals surface area contributed by atoms with Crippen molar-refractivity contribution >= 4 is 35.7 Å². The number of nitrogens with zero attached hydrogens (tertiary/aromatic N) is 4. The molecule has 0 fully saturated rings. The molecule has 1 amide bonds. The quantitative estimate of drug-likeness (QED) is 0.225. The number of fused-ring (bicyclic) bond motifs is 1. The molecule has 0 atom stereocenters. The van der Waals surface area contributed by atoms with Crippen molar-refractivity contribution in [2.24, 2.45) is 5.41 Å². The molecule has 0 saturated carbocycles. The second-order valence-electron chi connectivity index (χ2n) is 10.8. The summed E-state index contributed by atoms with van der Waals surface area (Å²) in [6.07, 6.45) is 2.55. The summed E-state index contributed by atoms with van der Waals surface area (Å²) in [5.41, 5.74) is 7.65. The van der Waals surface area contributed by atoms with E-state index in [1.807, 2.05) is 41.6 Å². The maximum Gasteiger partial charge on any atom is 0.228 e. The molecular formula is C24H38BrN5O3Si. The van der Waals surface area contributed by atoms with Crippen LogP contribution in [0.1, 0.15) is 44.4 Å². The first-order valence-corrected chi connectivity index (χ1v) is 16.4. The van der Waals surface area contributed by atoms with Gasteiger partial charge in [0, 0.05) is 31.7 Å². The Hall–Kier alpha value is -1.91. The monoisotopic (exact) mass is 551 g/mol. The number of pyridine rings is 1. The molecule has 0 unspecified atom stereocenters. The Labute approximate surface area is 212 Å². The van der Waals surface area contributed by atoms with E-state index in [1.54, 1.807) is 0 Å². The van der Waals surface area contributed by atoms with Crippen LogP contribution < -0.4 is 10.5 Å². The number of aromatic nitrogens is 3. The third kappa shape index (κ3) is 7.29. The van der Waals surface area contributed by atoms with Gasteiger partial charge in [0.25, 0.3) is 0 Å². The van der Waals surface area contributed by atoms with E-state index in [1.165, 1.54) is 0 Å². The number of ether oxygens (including phenoxy) is 2. The smallest absolute Gasteiger partial charge is 0.228 e. The zero-order valence-electron chi connectivity index (χ0n) is 21.1. The number of nitrogens with two attached hydrogens (primary N) is 1. The highest BCUT2D eigenvalue weighted by molar-refractivity contribution is 9.10. The second-order valence-corrected chi connectivity index (χ2v) is 17.2. The molecule has 0 aliphatic carbocycles. The minimum absolute atomic E-state index is 0.142. The van der Waals surface area contributed by atoms with Gasteiger partial charge in [-0.25, -0.2) is 9.67 Å². The molecule has 2 aromatic heterocycles. The van der Waals surface area contributed by atoms with E-state index < -0.39 is 13.5 Å². The Morgan fingerprint density at radius 1 is 1.21 bits per heavy atom. The molecule has 1 aliphatic rings. The summed E-state index contributed by atoms with van der Waals surface area (Å²) >= 11 is 3.35. The maximum absolute atomic E-state index is 13.3. The van der Waals surface area contributed by atoms with E-state index in [9.17, 15) is 4.79 Å². The van der Waals surface area contributed by atoms with Crippen LogP contribution >= 0.6 is 15.9 Å². The standard InChI is InChI=1S/C24H38BrN5O3Si/c1-24(2,11-6-7-12-33-21-10-8-9-20(25)27-21)23(31)29-15-18-19(16-29)30(28-22(18)26)17-32-13-14-34(3,4)5/h8-10H,6-7,11-17H2,1-5H3,(H2,26,28). The molecule has 10 heteroatoms. The number of nitrogen functional groups attached to an aromatic ring is 1. The minimum Gasteiger partial charge on any atom is -0.478 e. The second kappa shape index (κ2) is 11.2. The number of halogens is 1. The minimum atomic E-state index is -1.14. The van der Waals surface area contributed by atoms with Crippen molar-refractivity contribution in [3.8, 4) is 5.88 Å². The molecule has 2 N–H and O–H groups in total. The van der Waals surface area contributed by atoms with Gasteiger partial charge < -0.3 is 20.1 Å². The van der Waals surface area contributed by atoms with Crippen molar-refractivity contribution in [2.75, 3.05) is 18.9 Å². The van der Waals surface area contributed by atoms with E-state index in [4.69, 9.17) is 15.2 Å². The number of rotatable bonds is 12. The van der Waals surface area contributed by atoms with Gasteiger partial charge in [-0.2, -0.15) is 5.10 Å². The fourth-order valence-corrected chi connectivity index (χ4v) is 5.05. The Morgan fingerprint density at radius 3 is 2.68 bits per heavy atom. The van der Waals surface area contributed by atoms with Gasteiger partial charge in [0.15, 0.2) is 5.82 Å². The lowest BCUT2D eigenvalue weighted by Crippen LogP contribution is -2.38. The van der Waals surface area contributed by atoms with Gasteiger partial charge in [-0.05, 0) is 47.3 Å². The van der Waals surface area contributed by atoms with Crippen LogP contribution in [0.5, 0.6) is 5.88 Å². The van der Waals surface area contributed by atoms with Crippen LogP contribution in [0.2, 0.25) is 25.7 Å². The lowest BCUT2D eigenvalue weighted by atomic mass is 9.85. The lowest BCUT2D eigenvalue weighted by molar-refractivity contribution is -0.141. The number of hydrogen-bond donors (Lipinski definition) is 1. The third-order valence-electron chi connectivity index (χ3n) is 6.10. The summed E-state index contributed by atoms with van der Waals surface area (Å²) in [7, 11) is -1.14. The zero-order chi connectivity index (χ0) is 24.9. The van der Waals surface area contributed by atoms with Crippen molar-refractivity contribution in [1.29, 1.82) is 0 Å². The molecule has 8 nitrogen and oxygen atoms in total. The summed E-state index contributed by atoms with van der Waals surface area (Å²) in [4.78, 5) is 19.5. The molecule has 188 valence electrons. The Kier molecular flexibility index (Phi) is 8.80. The molecule has 2 aromatic rings. The summed E-state index contributed by atoms with van der Waals surface area (Å²) in [5, 5.41) is 4.44. The lowest BCUT2D eigenvalue weighted by Gasteiger charge is -2.29. The topological polar surface area (TPSA) is 95.5 Å². The molecule has 0 aromatic carbocycles. The maximum atomic E-state index is 13.3. The van der Waals surface area contributed by atoms with Crippen LogP contribution in [-0.2, 0) is 29.4 Å². The van der Waals surface area contributed by atoms with Gasteiger partial charge in [0.1, 0.15) is 11.3 Å². The number of hydrogen-bond acceptors (Lipinski definition) is 6. The molecule has 0 spiro atoms. The molecule has 0 saturated heterocycles. The average Bonchev–Trinajstić information content (AvgIpc) is 3.30. The first-order valence-electron chi connectivity index (χ1n) is 11.9. The highest BCUT2D eigenvalue weighted by Gasteiger charge is 2.37. The summed E-state index contributed by atoms with van der Waals surface area (Å²) in [5.74, 6) is 1.25. The summed E-state index contributed by atoms with van der Waals surface area (Å²) in [6, 6.07) is 6.71. The first kappa shape index (κ1) is 26.7. The number of carbonyl (C=O) groups excluding carboxylic acids is 1. The van der Waals surface area contributed by atoms with E-state index in [-0.39, 0.29) is 5.91 Å².